The molecule has 2 aromatic carbocycles. The van der Waals surface area contributed by atoms with E-state index in [2.05, 4.69) is 12.2 Å². The molecule has 28 heavy (non-hydrogen) atoms. The van der Waals surface area contributed by atoms with Crippen molar-refractivity contribution >= 4 is 34.2 Å². The Kier molecular flexibility index (Phi) is 6.37. The average Bonchev–Trinajstić information content (AvgIpc) is 2.66. The Morgan fingerprint density at radius 2 is 1.93 bits per heavy atom. The number of carbonyl (C=O) groups is 1. The van der Waals surface area contributed by atoms with Crippen molar-refractivity contribution < 1.29 is 13.9 Å². The number of nitrogens with one attached hydrogen (secondary N) is 1. The van der Waals surface area contributed by atoms with E-state index in [0.29, 0.717) is 16.3 Å². The van der Waals surface area contributed by atoms with E-state index >= 15 is 0 Å². The zero-order chi connectivity index (χ0) is 20.1. The van der Waals surface area contributed by atoms with E-state index in [1.54, 1.807) is 13.0 Å². The van der Waals surface area contributed by atoms with Gasteiger partial charge >= 0.3 is 5.63 Å². The van der Waals surface area contributed by atoms with Gasteiger partial charge < -0.3 is 14.5 Å². The summed E-state index contributed by atoms with van der Waals surface area (Å²) >= 11 is 6.24. The molecule has 1 N–H and O–H groups in total. The molecule has 0 radical (unpaired) electrons. The number of ether oxygens (including phenoxy) is 1. The largest absolute Gasteiger partial charge is 0.482 e. The highest BCUT2D eigenvalue weighted by atomic mass is 35.5. The van der Waals surface area contributed by atoms with Crippen LogP contribution in [0.15, 0.2) is 51.7 Å². The number of rotatable bonds is 7. The molecule has 0 saturated carbocycles. The van der Waals surface area contributed by atoms with Crippen LogP contribution < -0.4 is 15.7 Å². The Morgan fingerprint density at radius 1 is 1.18 bits per heavy atom. The zero-order valence-corrected chi connectivity index (χ0v) is 16.6. The maximum atomic E-state index is 12.2. The third kappa shape index (κ3) is 4.93. The van der Waals surface area contributed by atoms with E-state index in [1.165, 1.54) is 17.7 Å². The van der Waals surface area contributed by atoms with Gasteiger partial charge in [0, 0.05) is 23.2 Å². The Labute approximate surface area is 168 Å². The van der Waals surface area contributed by atoms with Crippen LogP contribution in [-0.2, 0) is 11.2 Å². The summed E-state index contributed by atoms with van der Waals surface area (Å²) in [4.78, 5) is 23.7. The third-order valence-corrected chi connectivity index (χ3v) is 4.71. The van der Waals surface area contributed by atoms with Crippen LogP contribution >= 0.6 is 11.6 Å². The number of aryl methyl sites for hydroxylation is 2. The highest BCUT2D eigenvalue weighted by Gasteiger charge is 2.11. The second-order valence-electron chi connectivity index (χ2n) is 6.66. The minimum absolute atomic E-state index is 0.209. The van der Waals surface area contributed by atoms with Crippen molar-refractivity contribution in [2.45, 2.75) is 33.1 Å². The number of benzene rings is 2. The number of anilines is 1. The number of halogens is 1. The van der Waals surface area contributed by atoms with Crippen LogP contribution in [0.1, 0.15) is 30.9 Å². The number of hydrogen-bond donors (Lipinski definition) is 1. The van der Waals surface area contributed by atoms with Gasteiger partial charge in [0.1, 0.15) is 11.3 Å². The zero-order valence-electron chi connectivity index (χ0n) is 15.9. The fourth-order valence-electron chi connectivity index (χ4n) is 2.91. The Balaban J connectivity index is 1.64. The number of hydrogen-bond acceptors (Lipinski definition) is 4. The molecule has 5 nitrogen and oxygen atoms in total. The van der Waals surface area contributed by atoms with Crippen LogP contribution in [0.4, 0.5) is 5.69 Å². The average molecular weight is 400 g/mol. The van der Waals surface area contributed by atoms with Crippen molar-refractivity contribution in [3.8, 4) is 5.75 Å². The summed E-state index contributed by atoms with van der Waals surface area (Å²) < 4.78 is 10.7. The predicted molar refractivity (Wildman–Crippen MR) is 111 cm³/mol. The van der Waals surface area contributed by atoms with Crippen molar-refractivity contribution in [2.24, 2.45) is 0 Å². The van der Waals surface area contributed by atoms with Crippen molar-refractivity contribution in [3.05, 3.63) is 69.0 Å². The van der Waals surface area contributed by atoms with Gasteiger partial charge in [-0.3, -0.25) is 4.79 Å². The summed E-state index contributed by atoms with van der Waals surface area (Å²) in [7, 11) is 0. The van der Waals surface area contributed by atoms with Gasteiger partial charge in [-0.2, -0.15) is 0 Å². The van der Waals surface area contributed by atoms with Gasteiger partial charge in [-0.25, -0.2) is 4.79 Å². The molecule has 1 amide bonds. The third-order valence-electron chi connectivity index (χ3n) is 4.42. The number of amides is 1. The van der Waals surface area contributed by atoms with Crippen LogP contribution in [-0.4, -0.2) is 12.5 Å². The fourth-order valence-corrected chi connectivity index (χ4v) is 3.12. The molecule has 146 valence electrons. The summed E-state index contributed by atoms with van der Waals surface area (Å²) in [5.41, 5.74) is 2.64. The van der Waals surface area contributed by atoms with Crippen LogP contribution in [0.3, 0.4) is 0 Å². The highest BCUT2D eigenvalue weighted by Crippen LogP contribution is 2.31. The molecule has 3 rings (SSSR count). The molecule has 0 saturated heterocycles. The van der Waals surface area contributed by atoms with Gasteiger partial charge in [-0.05, 0) is 49.1 Å². The lowest BCUT2D eigenvalue weighted by atomic mass is 10.1. The van der Waals surface area contributed by atoms with E-state index in [-0.39, 0.29) is 18.3 Å². The van der Waals surface area contributed by atoms with Crippen LogP contribution in [0, 0.1) is 6.92 Å². The molecule has 1 aromatic heterocycles. The maximum absolute atomic E-state index is 12.2. The summed E-state index contributed by atoms with van der Waals surface area (Å²) in [6, 6.07) is 12.4. The summed E-state index contributed by atoms with van der Waals surface area (Å²) in [6.45, 7) is 3.75. The van der Waals surface area contributed by atoms with E-state index in [4.69, 9.17) is 20.8 Å². The monoisotopic (exact) mass is 399 g/mol. The molecule has 0 bridgehead atoms. The van der Waals surface area contributed by atoms with Crippen molar-refractivity contribution in [1.29, 1.82) is 0 Å². The van der Waals surface area contributed by atoms with Gasteiger partial charge in [-0.15, -0.1) is 0 Å². The first-order valence-electron chi connectivity index (χ1n) is 9.22. The lowest BCUT2D eigenvalue weighted by Crippen LogP contribution is -2.20. The Bertz CT molecular complexity index is 1040. The van der Waals surface area contributed by atoms with Crippen LogP contribution in [0.5, 0.6) is 5.75 Å². The first kappa shape index (κ1) is 20.0. The summed E-state index contributed by atoms with van der Waals surface area (Å²) in [5, 5.41) is 3.86. The summed E-state index contributed by atoms with van der Waals surface area (Å²) in [6.07, 6.45) is 3.33. The predicted octanol–water partition coefficient (Wildman–Crippen LogP) is 5.11. The standard InChI is InChI=1S/C22H22ClNO4/c1-3-4-5-15-6-8-16(9-7-15)24-21(25)13-27-20-12-19-17(11-18(20)23)14(2)10-22(26)28-19/h6-12H,3-5,13H2,1-2H3,(H,24,25). The van der Waals surface area contributed by atoms with Crippen LogP contribution in [0.2, 0.25) is 5.02 Å². The molecule has 0 unspecified atom stereocenters. The lowest BCUT2D eigenvalue weighted by Gasteiger charge is -2.10. The maximum Gasteiger partial charge on any atom is 0.336 e. The van der Waals surface area contributed by atoms with Crippen molar-refractivity contribution in [1.82, 2.24) is 0 Å². The minimum atomic E-state index is -0.446. The van der Waals surface area contributed by atoms with Gasteiger partial charge in [0.2, 0.25) is 0 Å². The highest BCUT2D eigenvalue weighted by molar-refractivity contribution is 6.32. The SMILES string of the molecule is CCCCc1ccc(NC(=O)COc2cc3oc(=O)cc(C)c3cc2Cl)cc1. The fraction of sp³-hybridized carbons (Fsp3) is 0.273. The molecule has 0 aliphatic carbocycles. The topological polar surface area (TPSA) is 68.5 Å². The van der Waals surface area contributed by atoms with Gasteiger partial charge in [0.25, 0.3) is 5.91 Å². The van der Waals surface area contributed by atoms with Crippen molar-refractivity contribution in [2.75, 3.05) is 11.9 Å². The van der Waals surface area contributed by atoms with Gasteiger partial charge in [0.15, 0.2) is 6.61 Å². The van der Waals surface area contributed by atoms with E-state index in [0.717, 1.165) is 30.2 Å². The molecule has 0 fully saturated rings. The Morgan fingerprint density at radius 3 is 2.64 bits per heavy atom. The molecule has 1 heterocycles. The van der Waals surface area contributed by atoms with Gasteiger partial charge in [0.05, 0.1) is 5.02 Å². The molecule has 0 aliphatic rings. The van der Waals surface area contributed by atoms with E-state index in [1.807, 2.05) is 24.3 Å². The Hall–Kier alpha value is -2.79. The minimum Gasteiger partial charge on any atom is -0.482 e. The molecule has 0 aliphatic heterocycles. The number of unbranched alkanes of at least 4 members (excludes halogenated alkanes) is 1. The number of fused-ring (bicyclic) bond motifs is 1. The van der Waals surface area contributed by atoms with Crippen LogP contribution in [0.25, 0.3) is 11.0 Å². The second kappa shape index (κ2) is 8.93. The molecule has 0 spiro atoms. The normalized spacial score (nSPS) is 10.8. The molecule has 6 heteroatoms. The quantitative estimate of drug-likeness (QED) is 0.560. The van der Waals surface area contributed by atoms with Gasteiger partial charge in [-0.1, -0.05) is 37.1 Å². The first-order chi connectivity index (χ1) is 13.5. The first-order valence-corrected chi connectivity index (χ1v) is 9.59. The van der Waals surface area contributed by atoms with E-state index < -0.39 is 5.63 Å². The van der Waals surface area contributed by atoms with Crippen molar-refractivity contribution in [3.63, 3.8) is 0 Å². The lowest BCUT2D eigenvalue weighted by molar-refractivity contribution is -0.118. The van der Waals surface area contributed by atoms with E-state index in [9.17, 15) is 9.59 Å². The number of carbonyl (C=O) groups excluding carboxylic acids is 1. The smallest absolute Gasteiger partial charge is 0.336 e. The summed E-state index contributed by atoms with van der Waals surface area (Å²) in [5.74, 6) is -0.0175. The second-order valence-corrected chi connectivity index (χ2v) is 7.07. The molecule has 0 atom stereocenters. The molecular formula is C22H22ClNO4. The molecule has 3 aromatic rings. The molecular weight excluding hydrogens is 378 g/mol.